The molecule has 1 aliphatic heterocycles. The molecule has 1 aliphatic rings. The Morgan fingerprint density at radius 3 is 2.83 bits per heavy atom. The average Bonchev–Trinajstić information content (AvgIpc) is 3.08. The number of H-pyrrole nitrogens is 1. The molecule has 3 aromatic rings. The summed E-state index contributed by atoms with van der Waals surface area (Å²) in [5.74, 6) is 0.125. The van der Waals surface area contributed by atoms with E-state index in [1.54, 1.807) is 0 Å². The van der Waals surface area contributed by atoms with Gasteiger partial charge in [-0.25, -0.2) is 0 Å². The number of aromatic nitrogens is 1. The largest absolute Gasteiger partial charge is 0.494 e. The molecule has 152 valence electrons. The van der Waals surface area contributed by atoms with Crippen LogP contribution in [-0.2, 0) is 24.2 Å². The highest BCUT2D eigenvalue weighted by atomic mass is 35.5. The van der Waals surface area contributed by atoms with Gasteiger partial charge in [-0.2, -0.15) is 0 Å². The summed E-state index contributed by atoms with van der Waals surface area (Å²) in [7, 11) is 0. The molecule has 4 rings (SSSR count). The Balaban J connectivity index is 1.35. The maximum absolute atomic E-state index is 10.8. The van der Waals surface area contributed by atoms with Crippen LogP contribution in [0.4, 0.5) is 0 Å². The molecule has 0 spiro atoms. The lowest BCUT2D eigenvalue weighted by atomic mass is 10.0. The number of carboxylic acid groups (broad SMARTS) is 1. The van der Waals surface area contributed by atoms with Crippen molar-refractivity contribution in [1.29, 1.82) is 0 Å². The first-order valence-corrected chi connectivity index (χ1v) is 10.4. The maximum Gasteiger partial charge on any atom is 0.304 e. The van der Waals surface area contributed by atoms with Crippen LogP contribution in [0.3, 0.4) is 0 Å². The molecule has 0 bridgehead atoms. The van der Waals surface area contributed by atoms with Crippen molar-refractivity contribution in [3.8, 4) is 5.75 Å². The molecule has 2 N–H and O–H groups in total. The lowest BCUT2D eigenvalue weighted by molar-refractivity contribution is -0.137. The molecule has 2 aromatic carbocycles. The molecule has 6 heteroatoms. The summed E-state index contributed by atoms with van der Waals surface area (Å²) in [5, 5.41) is 10.9. The summed E-state index contributed by atoms with van der Waals surface area (Å²) in [6.45, 7) is 2.93. The summed E-state index contributed by atoms with van der Waals surface area (Å²) < 4.78 is 5.96. The highest BCUT2D eigenvalue weighted by Crippen LogP contribution is 2.30. The summed E-state index contributed by atoms with van der Waals surface area (Å²) >= 11 is 5.92. The average molecular weight is 413 g/mol. The summed E-state index contributed by atoms with van der Waals surface area (Å²) in [6.07, 6.45) is 3.03. The Hall–Kier alpha value is -2.50. The van der Waals surface area contributed by atoms with Gasteiger partial charge < -0.3 is 14.8 Å². The summed E-state index contributed by atoms with van der Waals surface area (Å²) in [5.41, 5.74) is 4.89. The van der Waals surface area contributed by atoms with Crippen LogP contribution in [-0.4, -0.2) is 40.7 Å². The van der Waals surface area contributed by atoms with Gasteiger partial charge in [-0.3, -0.25) is 9.69 Å². The van der Waals surface area contributed by atoms with Crippen molar-refractivity contribution >= 4 is 28.5 Å². The van der Waals surface area contributed by atoms with Crippen molar-refractivity contribution in [3.05, 3.63) is 64.3 Å². The molecule has 0 unspecified atom stereocenters. The minimum Gasteiger partial charge on any atom is -0.494 e. The second-order valence-corrected chi connectivity index (χ2v) is 7.97. The van der Waals surface area contributed by atoms with E-state index in [9.17, 15) is 4.79 Å². The van der Waals surface area contributed by atoms with Crippen molar-refractivity contribution in [3.63, 3.8) is 0 Å². The molecule has 0 saturated carbocycles. The number of halogens is 1. The standard InChI is InChI=1S/C23H25ClN2O3/c24-17-5-3-16(4-6-17)2-1-13-29-18-7-8-19-20-9-11-26(12-10-23(27)28)15-22(20)25-21(19)14-18/h3-8,14,25H,1-2,9-13,15H2,(H,27,28). The van der Waals surface area contributed by atoms with Crippen LogP contribution in [0.2, 0.25) is 5.02 Å². The Morgan fingerprint density at radius 2 is 2.03 bits per heavy atom. The fraction of sp³-hybridized carbons (Fsp3) is 0.348. The number of aliphatic carboxylic acids is 1. The zero-order chi connectivity index (χ0) is 20.2. The Kier molecular flexibility index (Phi) is 6.07. The fourth-order valence-electron chi connectivity index (χ4n) is 3.94. The van der Waals surface area contributed by atoms with Crippen LogP contribution in [0.25, 0.3) is 10.9 Å². The molecule has 0 aliphatic carbocycles. The molecule has 0 amide bonds. The van der Waals surface area contributed by atoms with E-state index in [1.165, 1.54) is 22.2 Å². The smallest absolute Gasteiger partial charge is 0.304 e. The summed E-state index contributed by atoms with van der Waals surface area (Å²) in [6, 6.07) is 14.2. The van der Waals surface area contributed by atoms with Crippen molar-refractivity contribution < 1.29 is 14.6 Å². The van der Waals surface area contributed by atoms with Gasteiger partial charge in [-0.15, -0.1) is 0 Å². The molecule has 0 radical (unpaired) electrons. The quantitative estimate of drug-likeness (QED) is 0.528. The minimum absolute atomic E-state index is 0.184. The van der Waals surface area contributed by atoms with Crippen LogP contribution < -0.4 is 4.74 Å². The monoisotopic (exact) mass is 412 g/mol. The van der Waals surface area contributed by atoms with E-state index in [0.29, 0.717) is 13.2 Å². The number of ether oxygens (including phenoxy) is 1. The van der Waals surface area contributed by atoms with Gasteiger partial charge in [0.1, 0.15) is 5.75 Å². The second-order valence-electron chi connectivity index (χ2n) is 7.54. The second kappa shape index (κ2) is 8.89. The van der Waals surface area contributed by atoms with E-state index in [4.69, 9.17) is 21.4 Å². The number of aryl methyl sites for hydroxylation is 1. The third-order valence-corrected chi connectivity index (χ3v) is 5.71. The van der Waals surface area contributed by atoms with Gasteiger partial charge in [0, 0.05) is 47.3 Å². The van der Waals surface area contributed by atoms with Crippen molar-refractivity contribution in [1.82, 2.24) is 9.88 Å². The van der Waals surface area contributed by atoms with E-state index >= 15 is 0 Å². The fourth-order valence-corrected chi connectivity index (χ4v) is 4.06. The number of hydrogen-bond acceptors (Lipinski definition) is 3. The molecule has 0 atom stereocenters. The molecule has 0 fully saturated rings. The van der Waals surface area contributed by atoms with Crippen LogP contribution >= 0.6 is 11.6 Å². The number of aromatic amines is 1. The first kappa shape index (κ1) is 19.8. The lowest BCUT2D eigenvalue weighted by Crippen LogP contribution is -2.32. The number of carboxylic acids is 1. The lowest BCUT2D eigenvalue weighted by Gasteiger charge is -2.26. The predicted octanol–water partition coefficient (Wildman–Crippen LogP) is 4.67. The number of fused-ring (bicyclic) bond motifs is 3. The summed E-state index contributed by atoms with van der Waals surface area (Å²) in [4.78, 5) is 16.5. The molecule has 2 heterocycles. The van der Waals surface area contributed by atoms with Crippen molar-refractivity contribution in [2.24, 2.45) is 0 Å². The van der Waals surface area contributed by atoms with E-state index < -0.39 is 5.97 Å². The van der Waals surface area contributed by atoms with Gasteiger partial charge in [0.15, 0.2) is 0 Å². The van der Waals surface area contributed by atoms with Gasteiger partial charge in [-0.05, 0) is 54.7 Å². The molecular weight excluding hydrogens is 388 g/mol. The van der Waals surface area contributed by atoms with Crippen molar-refractivity contribution in [2.45, 2.75) is 32.2 Å². The van der Waals surface area contributed by atoms with E-state index in [2.05, 4.69) is 34.1 Å². The third kappa shape index (κ3) is 4.92. The Labute approximate surface area is 175 Å². The zero-order valence-electron chi connectivity index (χ0n) is 16.3. The number of benzene rings is 2. The van der Waals surface area contributed by atoms with Gasteiger partial charge >= 0.3 is 5.97 Å². The van der Waals surface area contributed by atoms with Gasteiger partial charge in [-0.1, -0.05) is 23.7 Å². The molecular formula is C23H25ClN2O3. The highest BCUT2D eigenvalue weighted by molar-refractivity contribution is 6.30. The van der Waals surface area contributed by atoms with E-state index in [1.807, 2.05) is 18.2 Å². The predicted molar refractivity (Wildman–Crippen MR) is 115 cm³/mol. The molecule has 1 aromatic heterocycles. The molecule has 29 heavy (non-hydrogen) atoms. The van der Waals surface area contributed by atoms with Gasteiger partial charge in [0.05, 0.1) is 13.0 Å². The van der Waals surface area contributed by atoms with Crippen LogP contribution in [0.5, 0.6) is 5.75 Å². The number of nitrogens with zero attached hydrogens (tertiary/aromatic N) is 1. The van der Waals surface area contributed by atoms with Crippen LogP contribution in [0.1, 0.15) is 29.7 Å². The minimum atomic E-state index is -0.745. The Bertz CT molecular complexity index is 997. The van der Waals surface area contributed by atoms with Crippen LogP contribution in [0, 0.1) is 0 Å². The van der Waals surface area contributed by atoms with Gasteiger partial charge in [0.2, 0.25) is 0 Å². The maximum atomic E-state index is 10.8. The zero-order valence-corrected chi connectivity index (χ0v) is 17.0. The number of rotatable bonds is 8. The first-order chi connectivity index (χ1) is 14.1. The van der Waals surface area contributed by atoms with Crippen LogP contribution in [0.15, 0.2) is 42.5 Å². The molecule has 0 saturated heterocycles. The number of nitrogens with one attached hydrogen (secondary N) is 1. The number of hydrogen-bond donors (Lipinski definition) is 2. The highest BCUT2D eigenvalue weighted by Gasteiger charge is 2.21. The first-order valence-electron chi connectivity index (χ1n) is 10.0. The normalized spacial score (nSPS) is 14.1. The van der Waals surface area contributed by atoms with Gasteiger partial charge in [0.25, 0.3) is 0 Å². The topological polar surface area (TPSA) is 65.6 Å². The third-order valence-electron chi connectivity index (χ3n) is 5.46. The van der Waals surface area contributed by atoms with Crippen molar-refractivity contribution in [2.75, 3.05) is 19.7 Å². The Morgan fingerprint density at radius 1 is 1.21 bits per heavy atom. The SMILES string of the molecule is O=C(O)CCN1CCc2c([nH]c3cc(OCCCc4ccc(Cl)cc4)ccc23)C1. The molecule has 5 nitrogen and oxygen atoms in total. The number of carbonyl (C=O) groups is 1. The van der Waals surface area contributed by atoms with E-state index in [0.717, 1.165) is 48.6 Å². The van der Waals surface area contributed by atoms with E-state index in [-0.39, 0.29) is 6.42 Å².